The number of benzene rings is 1. The number of carbonyl (C=O) groups excluding carboxylic acids is 1. The molecule has 0 aromatic heterocycles. The first kappa shape index (κ1) is 12.1. The van der Waals surface area contributed by atoms with Crippen LogP contribution in [0.25, 0.3) is 0 Å². The highest BCUT2D eigenvalue weighted by molar-refractivity contribution is 5.69. The first-order valence-electron chi connectivity index (χ1n) is 6.14. The Hall–Kier alpha value is -1.35. The van der Waals surface area contributed by atoms with Gasteiger partial charge < -0.3 is 4.74 Å². The first-order valence-corrected chi connectivity index (χ1v) is 6.14. The molecule has 3 heteroatoms. The summed E-state index contributed by atoms with van der Waals surface area (Å²) in [5.74, 6) is -0.122. The van der Waals surface area contributed by atoms with Gasteiger partial charge in [0.25, 0.3) is 0 Å². The second-order valence-corrected chi connectivity index (χ2v) is 4.51. The van der Waals surface area contributed by atoms with Crippen molar-refractivity contribution >= 4 is 5.97 Å². The van der Waals surface area contributed by atoms with Gasteiger partial charge in [0.1, 0.15) is 0 Å². The standard InChI is InChI=1S/C14H19NO2/c1-17-14(16)9-10-15(13-7-8-13)11-12-5-3-2-4-6-12/h2-6,13H,7-11H2,1H3. The fourth-order valence-corrected chi connectivity index (χ4v) is 1.99. The van der Waals surface area contributed by atoms with Crippen LogP contribution in [-0.4, -0.2) is 30.6 Å². The summed E-state index contributed by atoms with van der Waals surface area (Å²) in [5.41, 5.74) is 1.31. The molecule has 0 N–H and O–H groups in total. The molecule has 0 saturated heterocycles. The second-order valence-electron chi connectivity index (χ2n) is 4.51. The Labute approximate surface area is 102 Å². The van der Waals surface area contributed by atoms with E-state index < -0.39 is 0 Å². The van der Waals surface area contributed by atoms with Crippen LogP contribution < -0.4 is 0 Å². The predicted octanol–water partition coefficient (Wildman–Crippen LogP) is 2.21. The largest absolute Gasteiger partial charge is 0.469 e. The fraction of sp³-hybridized carbons (Fsp3) is 0.500. The predicted molar refractivity (Wildman–Crippen MR) is 66.5 cm³/mol. The van der Waals surface area contributed by atoms with Gasteiger partial charge in [0.2, 0.25) is 0 Å². The number of hydrogen-bond donors (Lipinski definition) is 0. The van der Waals surface area contributed by atoms with E-state index in [2.05, 4.69) is 33.9 Å². The lowest BCUT2D eigenvalue weighted by atomic mass is 10.2. The molecule has 1 aliphatic rings. The summed E-state index contributed by atoms with van der Waals surface area (Å²) in [6, 6.07) is 11.1. The van der Waals surface area contributed by atoms with Crippen LogP contribution in [0.1, 0.15) is 24.8 Å². The first-order chi connectivity index (χ1) is 8.29. The normalized spacial score (nSPS) is 14.9. The Bertz CT molecular complexity index is 360. The molecule has 0 atom stereocenters. The Morgan fingerprint density at radius 2 is 2.06 bits per heavy atom. The van der Waals surface area contributed by atoms with E-state index in [9.17, 15) is 4.79 Å². The van der Waals surface area contributed by atoms with Gasteiger partial charge in [-0.15, -0.1) is 0 Å². The number of hydrogen-bond acceptors (Lipinski definition) is 3. The molecule has 0 amide bonds. The molecular formula is C14H19NO2. The van der Waals surface area contributed by atoms with Crippen LogP contribution in [0.5, 0.6) is 0 Å². The molecule has 1 aromatic carbocycles. The van der Waals surface area contributed by atoms with Crippen molar-refractivity contribution in [2.45, 2.75) is 31.8 Å². The van der Waals surface area contributed by atoms with E-state index in [0.717, 1.165) is 13.1 Å². The van der Waals surface area contributed by atoms with Crippen molar-refractivity contribution in [2.24, 2.45) is 0 Å². The van der Waals surface area contributed by atoms with Crippen LogP contribution in [0.15, 0.2) is 30.3 Å². The van der Waals surface area contributed by atoms with Gasteiger partial charge in [-0.25, -0.2) is 0 Å². The van der Waals surface area contributed by atoms with Crippen LogP contribution in [-0.2, 0) is 16.1 Å². The number of ether oxygens (including phenoxy) is 1. The van der Waals surface area contributed by atoms with E-state index in [-0.39, 0.29) is 5.97 Å². The van der Waals surface area contributed by atoms with Crippen LogP contribution >= 0.6 is 0 Å². The summed E-state index contributed by atoms with van der Waals surface area (Å²) in [6.45, 7) is 1.73. The van der Waals surface area contributed by atoms with Crippen molar-refractivity contribution in [3.63, 3.8) is 0 Å². The molecule has 1 fully saturated rings. The third-order valence-electron chi connectivity index (χ3n) is 3.12. The lowest BCUT2D eigenvalue weighted by Gasteiger charge is -2.21. The lowest BCUT2D eigenvalue weighted by Crippen LogP contribution is -2.28. The molecular weight excluding hydrogens is 214 g/mol. The van der Waals surface area contributed by atoms with Crippen molar-refractivity contribution in [1.82, 2.24) is 4.90 Å². The SMILES string of the molecule is COC(=O)CCN(Cc1ccccc1)C1CC1. The Morgan fingerprint density at radius 1 is 1.35 bits per heavy atom. The molecule has 1 saturated carbocycles. The van der Waals surface area contributed by atoms with Crippen molar-refractivity contribution in [3.8, 4) is 0 Å². The topological polar surface area (TPSA) is 29.5 Å². The summed E-state index contributed by atoms with van der Waals surface area (Å²) in [7, 11) is 1.45. The van der Waals surface area contributed by atoms with Gasteiger partial charge in [0.05, 0.1) is 13.5 Å². The molecule has 2 rings (SSSR count). The monoisotopic (exact) mass is 233 g/mol. The summed E-state index contributed by atoms with van der Waals surface area (Å²) in [4.78, 5) is 13.5. The molecule has 0 unspecified atom stereocenters. The number of methoxy groups -OCH3 is 1. The molecule has 1 aromatic rings. The van der Waals surface area contributed by atoms with E-state index in [4.69, 9.17) is 0 Å². The third kappa shape index (κ3) is 3.86. The maximum Gasteiger partial charge on any atom is 0.306 e. The molecule has 0 radical (unpaired) electrons. The van der Waals surface area contributed by atoms with Gasteiger partial charge in [0.15, 0.2) is 0 Å². The number of carbonyl (C=O) groups is 1. The van der Waals surface area contributed by atoms with Gasteiger partial charge in [0, 0.05) is 19.1 Å². The third-order valence-corrected chi connectivity index (χ3v) is 3.12. The summed E-state index contributed by atoms with van der Waals surface area (Å²) in [6.07, 6.45) is 3.00. The molecule has 17 heavy (non-hydrogen) atoms. The van der Waals surface area contributed by atoms with Crippen molar-refractivity contribution < 1.29 is 9.53 Å². The van der Waals surface area contributed by atoms with Crippen LogP contribution in [0.4, 0.5) is 0 Å². The molecule has 1 aliphatic carbocycles. The van der Waals surface area contributed by atoms with Crippen LogP contribution in [0.2, 0.25) is 0 Å². The highest BCUT2D eigenvalue weighted by atomic mass is 16.5. The van der Waals surface area contributed by atoms with Gasteiger partial charge in [-0.05, 0) is 18.4 Å². The van der Waals surface area contributed by atoms with Crippen LogP contribution in [0.3, 0.4) is 0 Å². The van der Waals surface area contributed by atoms with E-state index in [1.54, 1.807) is 0 Å². The highest BCUT2D eigenvalue weighted by Gasteiger charge is 2.28. The summed E-state index contributed by atoms with van der Waals surface area (Å²) in [5, 5.41) is 0. The average molecular weight is 233 g/mol. The van der Waals surface area contributed by atoms with E-state index >= 15 is 0 Å². The zero-order chi connectivity index (χ0) is 12.1. The van der Waals surface area contributed by atoms with Gasteiger partial charge in [-0.3, -0.25) is 9.69 Å². The number of rotatable bonds is 6. The molecule has 0 bridgehead atoms. The lowest BCUT2D eigenvalue weighted by molar-refractivity contribution is -0.141. The maximum absolute atomic E-state index is 11.2. The molecule has 3 nitrogen and oxygen atoms in total. The Kier molecular flexibility index (Phi) is 4.15. The van der Waals surface area contributed by atoms with E-state index in [1.165, 1.54) is 25.5 Å². The summed E-state index contributed by atoms with van der Waals surface area (Å²) >= 11 is 0. The van der Waals surface area contributed by atoms with Crippen molar-refractivity contribution in [1.29, 1.82) is 0 Å². The maximum atomic E-state index is 11.2. The van der Waals surface area contributed by atoms with Gasteiger partial charge >= 0.3 is 5.97 Å². The van der Waals surface area contributed by atoms with Crippen LogP contribution in [0, 0.1) is 0 Å². The number of nitrogens with zero attached hydrogens (tertiary/aromatic N) is 1. The summed E-state index contributed by atoms with van der Waals surface area (Å²) < 4.78 is 4.69. The zero-order valence-corrected chi connectivity index (χ0v) is 10.3. The van der Waals surface area contributed by atoms with Crippen molar-refractivity contribution in [3.05, 3.63) is 35.9 Å². The average Bonchev–Trinajstić information content (AvgIpc) is 3.19. The van der Waals surface area contributed by atoms with Gasteiger partial charge in [-0.1, -0.05) is 30.3 Å². The Balaban J connectivity index is 1.87. The Morgan fingerprint density at radius 3 is 2.65 bits per heavy atom. The quantitative estimate of drug-likeness (QED) is 0.706. The number of esters is 1. The molecule has 0 heterocycles. The smallest absolute Gasteiger partial charge is 0.306 e. The zero-order valence-electron chi connectivity index (χ0n) is 10.3. The van der Waals surface area contributed by atoms with E-state index in [1.807, 2.05) is 6.07 Å². The van der Waals surface area contributed by atoms with Gasteiger partial charge in [-0.2, -0.15) is 0 Å². The minimum atomic E-state index is -0.122. The van der Waals surface area contributed by atoms with Crippen molar-refractivity contribution in [2.75, 3.05) is 13.7 Å². The fourth-order valence-electron chi connectivity index (χ4n) is 1.99. The highest BCUT2D eigenvalue weighted by Crippen LogP contribution is 2.28. The minimum absolute atomic E-state index is 0.122. The second kappa shape index (κ2) is 5.82. The molecule has 0 aliphatic heterocycles. The minimum Gasteiger partial charge on any atom is -0.469 e. The van der Waals surface area contributed by atoms with E-state index in [0.29, 0.717) is 12.5 Å². The molecule has 92 valence electrons. The molecule has 0 spiro atoms.